The van der Waals surface area contributed by atoms with E-state index in [4.69, 9.17) is 0 Å². The zero-order chi connectivity index (χ0) is 15.7. The number of benzene rings is 1. The van der Waals surface area contributed by atoms with Crippen molar-refractivity contribution in [3.63, 3.8) is 0 Å². The normalized spacial score (nSPS) is 12.8. The maximum Gasteiger partial charge on any atom is 0.337 e. The molecule has 0 aliphatic carbocycles. The van der Waals surface area contributed by atoms with Crippen LogP contribution < -0.4 is 4.90 Å². The Kier molecular flexibility index (Phi) is 4.37. The molecule has 0 fully saturated rings. The average molecular weight is 280 g/mol. The molecular weight excluding hydrogens is 260 g/mol. The number of anilines is 1. The van der Waals surface area contributed by atoms with E-state index in [1.807, 2.05) is 27.7 Å². The van der Waals surface area contributed by atoms with Crippen molar-refractivity contribution in [1.29, 1.82) is 0 Å². The van der Waals surface area contributed by atoms with Crippen LogP contribution in [0.2, 0.25) is 0 Å². The molecule has 6 nitrogen and oxygen atoms in total. The highest BCUT2D eigenvalue weighted by Gasteiger charge is 2.27. The number of carbonyl (C=O) groups is 1. The first-order valence-corrected chi connectivity index (χ1v) is 6.30. The van der Waals surface area contributed by atoms with Crippen LogP contribution in [0.15, 0.2) is 18.2 Å². The van der Waals surface area contributed by atoms with Gasteiger partial charge in [-0.05, 0) is 18.4 Å². The van der Waals surface area contributed by atoms with Crippen LogP contribution in [0.4, 0.5) is 11.4 Å². The van der Waals surface area contributed by atoms with Crippen molar-refractivity contribution in [2.24, 2.45) is 5.41 Å². The Hall–Kier alpha value is -2.11. The van der Waals surface area contributed by atoms with Gasteiger partial charge in [0.2, 0.25) is 0 Å². The molecule has 0 radical (unpaired) electrons. The summed E-state index contributed by atoms with van der Waals surface area (Å²) in [7, 11) is 1.75. The van der Waals surface area contributed by atoms with Crippen LogP contribution in [0.5, 0.6) is 0 Å². The van der Waals surface area contributed by atoms with Gasteiger partial charge in [0.25, 0.3) is 5.69 Å². The van der Waals surface area contributed by atoms with Crippen LogP contribution in [0.1, 0.15) is 38.1 Å². The second kappa shape index (κ2) is 5.48. The molecule has 0 amide bonds. The summed E-state index contributed by atoms with van der Waals surface area (Å²) in [4.78, 5) is 23.4. The molecule has 110 valence electrons. The molecule has 0 saturated carbocycles. The lowest BCUT2D eigenvalue weighted by Gasteiger charge is -2.37. The minimum absolute atomic E-state index is 0.0163. The summed E-state index contributed by atoms with van der Waals surface area (Å²) >= 11 is 0. The van der Waals surface area contributed by atoms with Crippen molar-refractivity contribution < 1.29 is 14.8 Å². The number of carboxylic acid groups (broad SMARTS) is 1. The van der Waals surface area contributed by atoms with Gasteiger partial charge in [0, 0.05) is 25.2 Å². The van der Waals surface area contributed by atoms with Crippen molar-refractivity contribution in [1.82, 2.24) is 0 Å². The summed E-state index contributed by atoms with van der Waals surface area (Å²) in [5, 5.41) is 20.1. The summed E-state index contributed by atoms with van der Waals surface area (Å²) < 4.78 is 0. The molecule has 1 unspecified atom stereocenters. The van der Waals surface area contributed by atoms with E-state index in [1.165, 1.54) is 18.2 Å². The summed E-state index contributed by atoms with van der Waals surface area (Å²) in [6.45, 7) is 8.06. The van der Waals surface area contributed by atoms with Gasteiger partial charge in [-0.15, -0.1) is 0 Å². The second-order valence-corrected chi connectivity index (χ2v) is 5.92. The first-order valence-electron chi connectivity index (χ1n) is 6.30. The molecule has 20 heavy (non-hydrogen) atoms. The van der Waals surface area contributed by atoms with E-state index in [2.05, 4.69) is 0 Å². The smallest absolute Gasteiger partial charge is 0.337 e. The molecule has 0 aliphatic heterocycles. The minimum atomic E-state index is -1.09. The number of nitrogens with zero attached hydrogens (tertiary/aromatic N) is 2. The summed E-state index contributed by atoms with van der Waals surface area (Å²) in [5.41, 5.74) is 0.219. The molecule has 0 spiro atoms. The standard InChI is InChI=1S/C14H20N2O4/c1-9(14(2,3)4)15(5)12-8-10(16(19)20)6-7-11(12)13(17)18/h6-9H,1-5H3,(H,17,18). The monoisotopic (exact) mass is 280 g/mol. The molecule has 1 aromatic carbocycles. The van der Waals surface area contributed by atoms with Crippen LogP contribution in [-0.4, -0.2) is 29.1 Å². The lowest BCUT2D eigenvalue weighted by molar-refractivity contribution is -0.384. The predicted molar refractivity (Wildman–Crippen MR) is 77.4 cm³/mol. The Balaban J connectivity index is 3.36. The van der Waals surface area contributed by atoms with Crippen molar-refractivity contribution in [3.8, 4) is 0 Å². The topological polar surface area (TPSA) is 83.7 Å². The number of hydrogen-bond donors (Lipinski definition) is 1. The molecule has 0 aromatic heterocycles. The molecule has 1 atom stereocenters. The number of aromatic carboxylic acids is 1. The van der Waals surface area contributed by atoms with Gasteiger partial charge in [-0.3, -0.25) is 10.1 Å². The molecular formula is C14H20N2O4. The van der Waals surface area contributed by atoms with E-state index >= 15 is 0 Å². The largest absolute Gasteiger partial charge is 0.478 e. The fourth-order valence-corrected chi connectivity index (χ4v) is 1.90. The SMILES string of the molecule is CC(N(C)c1cc([N+](=O)[O-])ccc1C(=O)O)C(C)(C)C. The molecule has 1 N–H and O–H groups in total. The highest BCUT2D eigenvalue weighted by atomic mass is 16.6. The maximum atomic E-state index is 11.3. The van der Waals surface area contributed by atoms with Crippen molar-refractivity contribution in [2.75, 3.05) is 11.9 Å². The van der Waals surface area contributed by atoms with Gasteiger partial charge in [0.15, 0.2) is 0 Å². The van der Waals surface area contributed by atoms with Gasteiger partial charge in [-0.1, -0.05) is 20.8 Å². The third-order valence-corrected chi connectivity index (χ3v) is 3.64. The lowest BCUT2D eigenvalue weighted by atomic mass is 9.86. The Bertz CT molecular complexity index is 534. The average Bonchev–Trinajstić information content (AvgIpc) is 2.34. The Morgan fingerprint density at radius 2 is 1.95 bits per heavy atom. The van der Waals surface area contributed by atoms with E-state index in [0.717, 1.165) is 0 Å². The molecule has 1 aromatic rings. The van der Waals surface area contributed by atoms with Gasteiger partial charge in [0.1, 0.15) is 0 Å². The summed E-state index contributed by atoms with van der Waals surface area (Å²) in [6.07, 6.45) is 0. The molecule has 0 saturated heterocycles. The van der Waals surface area contributed by atoms with Crippen LogP contribution in [0, 0.1) is 15.5 Å². The highest BCUT2D eigenvalue weighted by Crippen LogP contribution is 2.31. The van der Waals surface area contributed by atoms with E-state index in [0.29, 0.717) is 5.69 Å². The molecule has 0 aliphatic rings. The number of non-ortho nitro benzene ring substituents is 1. The number of carboxylic acids is 1. The molecule has 0 bridgehead atoms. The summed E-state index contributed by atoms with van der Waals surface area (Å²) in [6, 6.07) is 3.82. The second-order valence-electron chi connectivity index (χ2n) is 5.92. The lowest BCUT2D eigenvalue weighted by Crippen LogP contribution is -2.40. The van der Waals surface area contributed by atoms with E-state index in [1.54, 1.807) is 11.9 Å². The van der Waals surface area contributed by atoms with Crippen molar-refractivity contribution >= 4 is 17.3 Å². The first kappa shape index (κ1) is 15.9. The summed E-state index contributed by atoms with van der Waals surface area (Å²) in [5.74, 6) is -1.09. The fraction of sp³-hybridized carbons (Fsp3) is 0.500. The third-order valence-electron chi connectivity index (χ3n) is 3.64. The van der Waals surface area contributed by atoms with Crippen LogP contribution in [0.3, 0.4) is 0 Å². The quantitative estimate of drug-likeness (QED) is 0.676. The van der Waals surface area contributed by atoms with E-state index < -0.39 is 10.9 Å². The molecule has 1 rings (SSSR count). The molecule has 0 heterocycles. The molecule has 6 heteroatoms. The predicted octanol–water partition coefficient (Wildman–Crippen LogP) is 3.16. The Morgan fingerprint density at radius 3 is 2.35 bits per heavy atom. The van der Waals surface area contributed by atoms with Crippen LogP contribution in [0.25, 0.3) is 0 Å². The zero-order valence-electron chi connectivity index (χ0n) is 12.4. The minimum Gasteiger partial charge on any atom is -0.478 e. The van der Waals surface area contributed by atoms with E-state index in [-0.39, 0.29) is 22.7 Å². The first-order chi connectivity index (χ1) is 9.05. The number of nitro groups is 1. The Morgan fingerprint density at radius 1 is 1.40 bits per heavy atom. The third kappa shape index (κ3) is 3.26. The van der Waals surface area contributed by atoms with Gasteiger partial charge >= 0.3 is 5.97 Å². The van der Waals surface area contributed by atoms with Gasteiger partial charge in [0.05, 0.1) is 16.2 Å². The van der Waals surface area contributed by atoms with Gasteiger partial charge < -0.3 is 10.0 Å². The van der Waals surface area contributed by atoms with Gasteiger partial charge in [-0.25, -0.2) is 4.79 Å². The van der Waals surface area contributed by atoms with E-state index in [9.17, 15) is 20.0 Å². The van der Waals surface area contributed by atoms with Gasteiger partial charge in [-0.2, -0.15) is 0 Å². The Labute approximate surface area is 118 Å². The highest BCUT2D eigenvalue weighted by molar-refractivity contribution is 5.95. The number of rotatable bonds is 4. The van der Waals surface area contributed by atoms with Crippen molar-refractivity contribution in [2.45, 2.75) is 33.7 Å². The zero-order valence-corrected chi connectivity index (χ0v) is 12.4. The maximum absolute atomic E-state index is 11.3. The van der Waals surface area contributed by atoms with Crippen LogP contribution >= 0.6 is 0 Å². The number of hydrogen-bond acceptors (Lipinski definition) is 4. The fourth-order valence-electron chi connectivity index (χ4n) is 1.90. The number of nitro benzene ring substituents is 1. The van der Waals surface area contributed by atoms with Crippen LogP contribution in [-0.2, 0) is 0 Å². The van der Waals surface area contributed by atoms with Crippen molar-refractivity contribution in [3.05, 3.63) is 33.9 Å².